The Morgan fingerprint density at radius 3 is 2.40 bits per heavy atom. The molecule has 0 unspecified atom stereocenters. The smallest absolute Gasteiger partial charge is 0.292 e. The van der Waals surface area contributed by atoms with Crippen molar-refractivity contribution in [3.8, 4) is 11.3 Å². The highest BCUT2D eigenvalue weighted by Crippen LogP contribution is 2.24. The van der Waals surface area contributed by atoms with Gasteiger partial charge in [-0.15, -0.1) is 0 Å². The van der Waals surface area contributed by atoms with Crippen molar-refractivity contribution in [3.63, 3.8) is 0 Å². The zero-order valence-electron chi connectivity index (χ0n) is 13.7. The normalized spacial score (nSPS) is 14.6. The van der Waals surface area contributed by atoms with Crippen LogP contribution in [-0.2, 0) is 0 Å². The van der Waals surface area contributed by atoms with Crippen molar-refractivity contribution in [2.75, 3.05) is 31.1 Å². The maximum Gasteiger partial charge on any atom is 0.292 e. The minimum absolute atomic E-state index is 0.114. The lowest BCUT2D eigenvalue weighted by molar-refractivity contribution is 0.0715. The van der Waals surface area contributed by atoms with Crippen molar-refractivity contribution in [2.24, 2.45) is 0 Å². The summed E-state index contributed by atoms with van der Waals surface area (Å²) in [7, 11) is 0. The zero-order chi connectivity index (χ0) is 17.1. The summed E-state index contributed by atoms with van der Waals surface area (Å²) in [4.78, 5) is 25.5. The molecule has 0 N–H and O–H groups in total. The number of amides is 1. The van der Waals surface area contributed by atoms with Crippen LogP contribution in [0.5, 0.6) is 0 Å². The molecule has 6 heteroatoms. The van der Waals surface area contributed by atoms with Gasteiger partial charge in [-0.05, 0) is 12.1 Å². The number of carbonyl (C=O) groups excluding carboxylic acids is 1. The number of oxazole rings is 1. The highest BCUT2D eigenvalue weighted by molar-refractivity contribution is 5.97. The molecular formula is C19H18N4O2. The number of hydrogen-bond acceptors (Lipinski definition) is 5. The number of hydrogen-bond donors (Lipinski definition) is 0. The molecule has 1 fully saturated rings. The minimum Gasteiger partial charge on any atom is -0.438 e. The Bertz CT molecular complexity index is 840. The first-order chi connectivity index (χ1) is 12.3. The first kappa shape index (κ1) is 15.4. The van der Waals surface area contributed by atoms with Crippen molar-refractivity contribution < 1.29 is 9.21 Å². The van der Waals surface area contributed by atoms with Crippen LogP contribution < -0.4 is 4.90 Å². The van der Waals surface area contributed by atoms with Gasteiger partial charge in [-0.1, -0.05) is 36.4 Å². The van der Waals surface area contributed by atoms with Crippen molar-refractivity contribution in [1.82, 2.24) is 14.9 Å². The molecule has 0 atom stereocenters. The molecule has 0 saturated carbocycles. The number of benzene rings is 1. The lowest BCUT2D eigenvalue weighted by Crippen LogP contribution is -2.49. The van der Waals surface area contributed by atoms with Gasteiger partial charge in [-0.25, -0.2) is 9.97 Å². The number of carbonyl (C=O) groups is 1. The first-order valence-electron chi connectivity index (χ1n) is 8.27. The number of rotatable bonds is 3. The van der Waals surface area contributed by atoms with E-state index >= 15 is 0 Å². The van der Waals surface area contributed by atoms with E-state index in [0.29, 0.717) is 24.5 Å². The van der Waals surface area contributed by atoms with Crippen LogP contribution in [0.1, 0.15) is 10.6 Å². The lowest BCUT2D eigenvalue weighted by atomic mass is 10.1. The Kier molecular flexibility index (Phi) is 4.16. The second-order valence-corrected chi connectivity index (χ2v) is 5.86. The van der Waals surface area contributed by atoms with Crippen molar-refractivity contribution in [3.05, 3.63) is 66.9 Å². The van der Waals surface area contributed by atoms with E-state index < -0.39 is 0 Å². The predicted octanol–water partition coefficient (Wildman–Crippen LogP) is 2.70. The fraction of sp³-hybridized carbons (Fsp3) is 0.211. The molecule has 0 bridgehead atoms. The van der Waals surface area contributed by atoms with Gasteiger partial charge in [0, 0.05) is 37.9 Å². The first-order valence-corrected chi connectivity index (χ1v) is 8.27. The topological polar surface area (TPSA) is 62.5 Å². The van der Waals surface area contributed by atoms with E-state index in [1.807, 2.05) is 53.4 Å². The van der Waals surface area contributed by atoms with Gasteiger partial charge in [0.15, 0.2) is 6.39 Å². The number of pyridine rings is 1. The second-order valence-electron chi connectivity index (χ2n) is 5.86. The summed E-state index contributed by atoms with van der Waals surface area (Å²) in [5.74, 6) is 1.13. The summed E-state index contributed by atoms with van der Waals surface area (Å²) in [5, 5.41) is 0. The zero-order valence-corrected chi connectivity index (χ0v) is 13.7. The van der Waals surface area contributed by atoms with Gasteiger partial charge < -0.3 is 14.2 Å². The van der Waals surface area contributed by atoms with Crippen LogP contribution in [0.15, 0.2) is 65.5 Å². The third kappa shape index (κ3) is 3.10. The van der Waals surface area contributed by atoms with Crippen LogP contribution in [0.4, 0.5) is 5.82 Å². The van der Waals surface area contributed by atoms with Gasteiger partial charge in [-0.3, -0.25) is 4.79 Å². The fourth-order valence-corrected chi connectivity index (χ4v) is 3.02. The maximum atomic E-state index is 12.9. The average molecular weight is 334 g/mol. The molecule has 0 aliphatic carbocycles. The third-order valence-corrected chi connectivity index (χ3v) is 4.35. The minimum atomic E-state index is -0.114. The maximum absolute atomic E-state index is 12.9. The van der Waals surface area contributed by atoms with E-state index in [0.717, 1.165) is 24.5 Å². The van der Waals surface area contributed by atoms with Gasteiger partial charge in [0.1, 0.15) is 11.5 Å². The molecule has 4 rings (SSSR count). The van der Waals surface area contributed by atoms with E-state index in [9.17, 15) is 4.79 Å². The highest BCUT2D eigenvalue weighted by Gasteiger charge is 2.27. The van der Waals surface area contributed by atoms with E-state index in [1.165, 1.54) is 6.39 Å². The molecule has 1 aliphatic heterocycles. The van der Waals surface area contributed by atoms with Gasteiger partial charge in [0.2, 0.25) is 5.76 Å². The van der Waals surface area contributed by atoms with E-state index in [2.05, 4.69) is 14.9 Å². The lowest BCUT2D eigenvalue weighted by Gasteiger charge is -2.35. The number of anilines is 1. The largest absolute Gasteiger partial charge is 0.438 e. The molecule has 2 aromatic heterocycles. The second kappa shape index (κ2) is 6.76. The molecule has 0 spiro atoms. The van der Waals surface area contributed by atoms with Crippen LogP contribution in [0.2, 0.25) is 0 Å². The van der Waals surface area contributed by atoms with Gasteiger partial charge >= 0.3 is 0 Å². The van der Waals surface area contributed by atoms with Gasteiger partial charge in [0.05, 0.1) is 0 Å². The van der Waals surface area contributed by atoms with Crippen LogP contribution in [0.3, 0.4) is 0 Å². The molecule has 25 heavy (non-hydrogen) atoms. The molecule has 126 valence electrons. The Hall–Kier alpha value is -3.15. The molecule has 1 amide bonds. The van der Waals surface area contributed by atoms with Crippen LogP contribution in [0, 0.1) is 0 Å². The molecule has 1 aromatic carbocycles. The fourth-order valence-electron chi connectivity index (χ4n) is 3.02. The monoisotopic (exact) mass is 334 g/mol. The van der Waals surface area contributed by atoms with E-state index in [-0.39, 0.29) is 5.91 Å². The third-order valence-electron chi connectivity index (χ3n) is 4.35. The summed E-state index contributed by atoms with van der Waals surface area (Å²) in [5.41, 5.74) is 1.48. The van der Waals surface area contributed by atoms with Crippen LogP contribution >= 0.6 is 0 Å². The summed E-state index contributed by atoms with van der Waals surface area (Å²) >= 11 is 0. The summed E-state index contributed by atoms with van der Waals surface area (Å²) in [6.45, 7) is 2.75. The quantitative estimate of drug-likeness (QED) is 0.737. The predicted molar refractivity (Wildman–Crippen MR) is 94.3 cm³/mol. The van der Waals surface area contributed by atoms with Crippen molar-refractivity contribution in [2.45, 2.75) is 0 Å². The number of aromatic nitrogens is 2. The Balaban J connectivity index is 1.48. The number of nitrogens with zero attached hydrogens (tertiary/aromatic N) is 4. The molecular weight excluding hydrogens is 316 g/mol. The standard InChI is InChI=1S/C19H18N4O2/c24-19(18-17(21-14-25-18)15-6-2-1-3-7-15)23-12-10-22(11-13-23)16-8-4-5-9-20-16/h1-9,14H,10-13H2. The van der Waals surface area contributed by atoms with Crippen molar-refractivity contribution >= 4 is 11.7 Å². The Morgan fingerprint density at radius 1 is 0.920 bits per heavy atom. The van der Waals surface area contributed by atoms with Crippen LogP contribution in [0.25, 0.3) is 11.3 Å². The van der Waals surface area contributed by atoms with Crippen LogP contribution in [-0.4, -0.2) is 47.0 Å². The van der Waals surface area contributed by atoms with E-state index in [4.69, 9.17) is 4.42 Å². The molecule has 0 radical (unpaired) electrons. The molecule has 3 aromatic rings. The van der Waals surface area contributed by atoms with Crippen molar-refractivity contribution in [1.29, 1.82) is 0 Å². The molecule has 1 aliphatic rings. The molecule has 6 nitrogen and oxygen atoms in total. The Labute approximate surface area is 145 Å². The van der Waals surface area contributed by atoms with Gasteiger partial charge in [-0.2, -0.15) is 0 Å². The number of piperazine rings is 1. The van der Waals surface area contributed by atoms with E-state index in [1.54, 1.807) is 6.20 Å². The summed E-state index contributed by atoms with van der Waals surface area (Å²) in [6.07, 6.45) is 3.12. The summed E-state index contributed by atoms with van der Waals surface area (Å²) in [6, 6.07) is 15.5. The SMILES string of the molecule is O=C(c1ocnc1-c1ccccc1)N1CCN(c2ccccn2)CC1. The summed E-state index contributed by atoms with van der Waals surface area (Å²) < 4.78 is 5.42. The van der Waals surface area contributed by atoms with Gasteiger partial charge in [0.25, 0.3) is 5.91 Å². The average Bonchev–Trinajstić information content (AvgIpc) is 3.19. The molecule has 3 heterocycles. The highest BCUT2D eigenvalue weighted by atomic mass is 16.3. The molecule has 1 saturated heterocycles. The Morgan fingerprint density at radius 2 is 1.68 bits per heavy atom.